The summed E-state index contributed by atoms with van der Waals surface area (Å²) in [4.78, 5) is 24.4. The second kappa shape index (κ2) is 8.52. The number of hydrogen-bond acceptors (Lipinski definition) is 3. The Morgan fingerprint density at radius 2 is 1.69 bits per heavy atom. The molecule has 0 saturated carbocycles. The largest absolute Gasteiger partial charge is 0.376 e. The van der Waals surface area contributed by atoms with Gasteiger partial charge in [0.05, 0.1) is 12.6 Å². The van der Waals surface area contributed by atoms with Crippen molar-refractivity contribution in [3.8, 4) is 0 Å². The maximum absolute atomic E-state index is 12.2. The first-order valence-electron chi connectivity index (χ1n) is 8.75. The van der Waals surface area contributed by atoms with E-state index < -0.39 is 0 Å². The van der Waals surface area contributed by atoms with E-state index in [0.717, 1.165) is 11.3 Å². The summed E-state index contributed by atoms with van der Waals surface area (Å²) in [6.07, 6.45) is 0. The second-order valence-electron chi connectivity index (χ2n) is 7.34. The molecular weight excluding hydrogens is 326 g/mol. The van der Waals surface area contributed by atoms with E-state index in [-0.39, 0.29) is 29.9 Å². The first kappa shape index (κ1) is 19.5. The van der Waals surface area contributed by atoms with Crippen LogP contribution in [0.4, 0.5) is 5.69 Å². The average Bonchev–Trinajstić information content (AvgIpc) is 2.59. The van der Waals surface area contributed by atoms with Crippen molar-refractivity contribution >= 4 is 17.5 Å². The highest BCUT2D eigenvalue weighted by Gasteiger charge is 2.15. The maximum atomic E-state index is 12.2. The lowest BCUT2D eigenvalue weighted by molar-refractivity contribution is -0.120. The van der Waals surface area contributed by atoms with Crippen LogP contribution in [0.15, 0.2) is 54.6 Å². The molecular formula is C21H27N3O2. The normalized spacial score (nSPS) is 12.2. The zero-order chi connectivity index (χ0) is 19.2. The van der Waals surface area contributed by atoms with Crippen LogP contribution in [-0.4, -0.2) is 23.9 Å². The molecule has 0 radical (unpaired) electrons. The molecule has 0 bridgehead atoms. The van der Waals surface area contributed by atoms with Crippen LogP contribution < -0.4 is 16.0 Å². The van der Waals surface area contributed by atoms with Crippen molar-refractivity contribution in [1.82, 2.24) is 10.6 Å². The van der Waals surface area contributed by atoms with E-state index in [9.17, 15) is 9.59 Å². The van der Waals surface area contributed by atoms with Crippen molar-refractivity contribution in [1.29, 1.82) is 0 Å². The number of anilines is 1. The SMILES string of the molecule is CC(NC(=O)CNc1cccc(C(=O)NC(C)(C)C)c1)c1ccccc1. The van der Waals surface area contributed by atoms with Gasteiger partial charge in [0.2, 0.25) is 5.91 Å². The van der Waals surface area contributed by atoms with Gasteiger partial charge in [-0.05, 0) is 51.5 Å². The third-order valence-electron chi connectivity index (χ3n) is 3.74. The van der Waals surface area contributed by atoms with Crippen molar-refractivity contribution in [2.45, 2.75) is 39.3 Å². The summed E-state index contributed by atoms with van der Waals surface area (Å²) in [5.41, 5.74) is 2.05. The van der Waals surface area contributed by atoms with Gasteiger partial charge in [-0.25, -0.2) is 0 Å². The van der Waals surface area contributed by atoms with E-state index >= 15 is 0 Å². The Balaban J connectivity index is 1.90. The second-order valence-corrected chi connectivity index (χ2v) is 7.34. The quantitative estimate of drug-likeness (QED) is 0.744. The monoisotopic (exact) mass is 353 g/mol. The molecule has 1 unspecified atom stereocenters. The minimum atomic E-state index is -0.298. The Morgan fingerprint density at radius 1 is 1.00 bits per heavy atom. The van der Waals surface area contributed by atoms with E-state index in [1.165, 1.54) is 0 Å². The van der Waals surface area contributed by atoms with Gasteiger partial charge < -0.3 is 16.0 Å². The van der Waals surface area contributed by atoms with Crippen LogP contribution in [0.1, 0.15) is 49.7 Å². The fourth-order valence-corrected chi connectivity index (χ4v) is 2.48. The number of carbonyl (C=O) groups is 2. The molecule has 138 valence electrons. The highest BCUT2D eigenvalue weighted by Crippen LogP contribution is 2.13. The summed E-state index contributed by atoms with van der Waals surface area (Å²) in [5.74, 6) is -0.241. The summed E-state index contributed by atoms with van der Waals surface area (Å²) in [6.45, 7) is 7.90. The van der Waals surface area contributed by atoms with Crippen LogP contribution >= 0.6 is 0 Å². The van der Waals surface area contributed by atoms with Gasteiger partial charge in [0.1, 0.15) is 0 Å². The van der Waals surface area contributed by atoms with E-state index in [1.54, 1.807) is 18.2 Å². The van der Waals surface area contributed by atoms with Gasteiger partial charge in [-0.3, -0.25) is 9.59 Å². The number of amides is 2. The van der Waals surface area contributed by atoms with Crippen LogP contribution in [0.2, 0.25) is 0 Å². The summed E-state index contributed by atoms with van der Waals surface area (Å²) >= 11 is 0. The van der Waals surface area contributed by atoms with Gasteiger partial charge in [-0.15, -0.1) is 0 Å². The molecule has 0 aliphatic carbocycles. The smallest absolute Gasteiger partial charge is 0.251 e. The molecule has 0 heterocycles. The zero-order valence-electron chi connectivity index (χ0n) is 15.8. The van der Waals surface area contributed by atoms with Crippen LogP contribution in [0, 0.1) is 0 Å². The lowest BCUT2D eigenvalue weighted by Crippen LogP contribution is -2.40. The van der Waals surface area contributed by atoms with Crippen molar-refractivity contribution in [3.63, 3.8) is 0 Å². The Hall–Kier alpha value is -2.82. The third-order valence-corrected chi connectivity index (χ3v) is 3.74. The van der Waals surface area contributed by atoms with Crippen LogP contribution in [0.5, 0.6) is 0 Å². The molecule has 0 aliphatic heterocycles. The fourth-order valence-electron chi connectivity index (χ4n) is 2.48. The highest BCUT2D eigenvalue weighted by molar-refractivity contribution is 5.95. The Morgan fingerprint density at radius 3 is 2.35 bits per heavy atom. The highest BCUT2D eigenvalue weighted by atomic mass is 16.2. The number of rotatable bonds is 6. The van der Waals surface area contributed by atoms with Crippen LogP contribution in [-0.2, 0) is 4.79 Å². The average molecular weight is 353 g/mol. The molecule has 2 aromatic carbocycles. The number of carbonyl (C=O) groups excluding carboxylic acids is 2. The zero-order valence-corrected chi connectivity index (χ0v) is 15.8. The van der Waals surface area contributed by atoms with Crippen molar-refractivity contribution in [2.75, 3.05) is 11.9 Å². The van der Waals surface area contributed by atoms with Crippen LogP contribution in [0.3, 0.4) is 0 Å². The molecule has 0 saturated heterocycles. The molecule has 2 amide bonds. The van der Waals surface area contributed by atoms with Gasteiger partial charge in [0.25, 0.3) is 5.91 Å². The minimum Gasteiger partial charge on any atom is -0.376 e. The summed E-state index contributed by atoms with van der Waals surface area (Å²) in [7, 11) is 0. The maximum Gasteiger partial charge on any atom is 0.251 e. The van der Waals surface area contributed by atoms with E-state index in [4.69, 9.17) is 0 Å². The molecule has 2 rings (SSSR count). The number of benzene rings is 2. The lowest BCUT2D eigenvalue weighted by Gasteiger charge is -2.20. The Bertz CT molecular complexity index is 751. The first-order chi connectivity index (χ1) is 12.2. The van der Waals surface area contributed by atoms with Crippen molar-refractivity contribution in [3.05, 3.63) is 65.7 Å². The number of nitrogens with one attached hydrogen (secondary N) is 3. The Kier molecular flexibility index (Phi) is 6.39. The third kappa shape index (κ3) is 6.24. The molecule has 0 fully saturated rings. The minimum absolute atomic E-state index is 0.0607. The van der Waals surface area contributed by atoms with Crippen molar-refractivity contribution < 1.29 is 9.59 Å². The predicted octanol–water partition coefficient (Wildman–Crippen LogP) is 3.50. The van der Waals surface area contributed by atoms with E-state index in [0.29, 0.717) is 5.56 Å². The van der Waals surface area contributed by atoms with Gasteiger partial charge in [0, 0.05) is 16.8 Å². The summed E-state index contributed by atoms with van der Waals surface area (Å²) in [6, 6.07) is 16.9. The van der Waals surface area contributed by atoms with E-state index in [2.05, 4.69) is 16.0 Å². The summed E-state index contributed by atoms with van der Waals surface area (Å²) in [5, 5.41) is 8.95. The van der Waals surface area contributed by atoms with Crippen LogP contribution in [0.25, 0.3) is 0 Å². The first-order valence-corrected chi connectivity index (χ1v) is 8.75. The van der Waals surface area contributed by atoms with Gasteiger partial charge in [0.15, 0.2) is 0 Å². The topological polar surface area (TPSA) is 70.2 Å². The molecule has 0 aromatic heterocycles. The molecule has 3 N–H and O–H groups in total. The predicted molar refractivity (Wildman–Crippen MR) is 105 cm³/mol. The van der Waals surface area contributed by atoms with Gasteiger partial charge >= 0.3 is 0 Å². The molecule has 26 heavy (non-hydrogen) atoms. The molecule has 0 aliphatic rings. The standard InChI is InChI=1S/C21H27N3O2/c1-15(16-9-6-5-7-10-16)23-19(25)14-22-18-12-8-11-17(13-18)20(26)24-21(2,3)4/h5-13,15,22H,14H2,1-4H3,(H,23,25)(H,24,26). The molecule has 5 heteroatoms. The fraction of sp³-hybridized carbons (Fsp3) is 0.333. The molecule has 5 nitrogen and oxygen atoms in total. The Labute approximate surface area is 155 Å². The van der Waals surface area contributed by atoms with Gasteiger partial charge in [-0.2, -0.15) is 0 Å². The lowest BCUT2D eigenvalue weighted by atomic mass is 10.1. The van der Waals surface area contributed by atoms with E-state index in [1.807, 2.05) is 64.1 Å². The summed E-state index contributed by atoms with van der Waals surface area (Å²) < 4.78 is 0. The number of hydrogen-bond donors (Lipinski definition) is 3. The van der Waals surface area contributed by atoms with Gasteiger partial charge in [-0.1, -0.05) is 36.4 Å². The van der Waals surface area contributed by atoms with Crippen molar-refractivity contribution in [2.24, 2.45) is 0 Å². The molecule has 0 spiro atoms. The molecule has 1 atom stereocenters. The molecule has 2 aromatic rings.